The molecule has 168 valence electrons. The third-order valence-electron chi connectivity index (χ3n) is 5.12. The summed E-state index contributed by atoms with van der Waals surface area (Å²) >= 11 is 0. The lowest BCUT2D eigenvalue weighted by molar-refractivity contribution is -0.147. The Bertz CT molecular complexity index is 1200. The zero-order chi connectivity index (χ0) is 23.3. The van der Waals surface area contributed by atoms with Gasteiger partial charge in [0.15, 0.2) is 18.1 Å². The molecule has 0 amide bonds. The number of carbonyl (C=O) groups is 1. The summed E-state index contributed by atoms with van der Waals surface area (Å²) in [6, 6.07) is 10.6. The second-order valence-corrected chi connectivity index (χ2v) is 7.81. The number of methoxy groups -OCH3 is 1. The number of aryl methyl sites for hydroxylation is 1. The molecule has 0 aliphatic rings. The van der Waals surface area contributed by atoms with Gasteiger partial charge in [0.2, 0.25) is 0 Å². The van der Waals surface area contributed by atoms with Gasteiger partial charge in [-0.05, 0) is 60.7 Å². The molecule has 0 saturated carbocycles. The van der Waals surface area contributed by atoms with Gasteiger partial charge in [-0.2, -0.15) is 0 Å². The molecule has 32 heavy (non-hydrogen) atoms. The van der Waals surface area contributed by atoms with Crippen LogP contribution in [0.4, 0.5) is 0 Å². The van der Waals surface area contributed by atoms with Gasteiger partial charge in [-0.15, -0.1) is 0 Å². The van der Waals surface area contributed by atoms with Crippen molar-refractivity contribution >= 4 is 23.0 Å². The summed E-state index contributed by atoms with van der Waals surface area (Å²) in [7, 11) is 1.54. The molecule has 0 fully saturated rings. The molecule has 0 unspecified atom stereocenters. The minimum absolute atomic E-state index is 0.0533. The van der Waals surface area contributed by atoms with E-state index in [4.69, 9.17) is 18.6 Å². The first-order valence-electron chi connectivity index (χ1n) is 10.5. The Labute approximate surface area is 187 Å². The zero-order valence-corrected chi connectivity index (χ0v) is 19.1. The number of allylic oxidation sites excluding steroid dienone is 1. The van der Waals surface area contributed by atoms with Crippen molar-refractivity contribution < 1.29 is 23.4 Å². The predicted octanol–water partition coefficient (Wildman–Crippen LogP) is 5.39. The number of rotatable bonds is 8. The van der Waals surface area contributed by atoms with Crippen LogP contribution in [0, 0.1) is 6.92 Å². The van der Waals surface area contributed by atoms with Crippen LogP contribution in [0.3, 0.4) is 0 Å². The topological polar surface area (TPSA) is 75.0 Å². The van der Waals surface area contributed by atoms with Crippen molar-refractivity contribution in [2.75, 3.05) is 13.7 Å². The maximum Gasteiger partial charge on any atom is 0.344 e. The lowest BCUT2D eigenvalue weighted by Gasteiger charge is -2.14. The quantitative estimate of drug-likeness (QED) is 0.348. The van der Waals surface area contributed by atoms with Gasteiger partial charge < -0.3 is 18.6 Å². The van der Waals surface area contributed by atoms with Crippen LogP contribution in [-0.2, 0) is 16.1 Å². The molecule has 3 aromatic rings. The van der Waals surface area contributed by atoms with Crippen LogP contribution >= 0.6 is 0 Å². The molecule has 3 rings (SSSR count). The molecule has 1 heterocycles. The molecular weight excluding hydrogens is 408 g/mol. The smallest absolute Gasteiger partial charge is 0.344 e. The normalized spacial score (nSPS) is 11.3. The molecule has 6 heteroatoms. The van der Waals surface area contributed by atoms with Crippen molar-refractivity contribution in [3.8, 4) is 11.5 Å². The van der Waals surface area contributed by atoms with Crippen LogP contribution in [0.15, 0.2) is 51.7 Å². The highest BCUT2D eigenvalue weighted by molar-refractivity contribution is 5.82. The van der Waals surface area contributed by atoms with Gasteiger partial charge in [0.1, 0.15) is 12.2 Å². The molecule has 0 bridgehead atoms. The lowest BCUT2D eigenvalue weighted by Crippen LogP contribution is -2.16. The van der Waals surface area contributed by atoms with Crippen molar-refractivity contribution in [2.24, 2.45) is 0 Å². The fourth-order valence-electron chi connectivity index (χ4n) is 3.57. The Morgan fingerprint density at radius 3 is 2.59 bits per heavy atom. The Hall–Kier alpha value is -3.54. The highest BCUT2D eigenvalue weighted by Crippen LogP contribution is 2.29. The summed E-state index contributed by atoms with van der Waals surface area (Å²) in [6.45, 7) is 7.78. The zero-order valence-electron chi connectivity index (χ0n) is 19.1. The summed E-state index contributed by atoms with van der Waals surface area (Å²) in [5.41, 5.74) is 3.75. The fourth-order valence-corrected chi connectivity index (χ4v) is 3.57. The fraction of sp³-hybridized carbons (Fsp3) is 0.308. The van der Waals surface area contributed by atoms with Crippen LogP contribution in [0.2, 0.25) is 0 Å². The molecule has 0 atom stereocenters. The number of hydrogen-bond donors (Lipinski definition) is 0. The average Bonchev–Trinajstić information content (AvgIpc) is 2.75. The maximum atomic E-state index is 12.3. The number of esters is 1. The van der Waals surface area contributed by atoms with Crippen molar-refractivity contribution in [1.82, 2.24) is 0 Å². The minimum Gasteiger partial charge on any atom is -0.493 e. The molecular formula is C26H28O6. The number of benzene rings is 2. The van der Waals surface area contributed by atoms with Crippen molar-refractivity contribution in [3.05, 3.63) is 75.1 Å². The van der Waals surface area contributed by atoms with Crippen molar-refractivity contribution in [2.45, 2.75) is 40.2 Å². The Morgan fingerprint density at radius 1 is 1.12 bits per heavy atom. The summed E-state index contributed by atoms with van der Waals surface area (Å²) in [6.07, 6.45) is 3.86. The average molecular weight is 437 g/mol. The van der Waals surface area contributed by atoms with E-state index < -0.39 is 11.6 Å². The molecule has 0 spiro atoms. The summed E-state index contributed by atoms with van der Waals surface area (Å²) in [5.74, 6) is 0.726. The molecule has 6 nitrogen and oxygen atoms in total. The van der Waals surface area contributed by atoms with Crippen molar-refractivity contribution in [3.63, 3.8) is 0 Å². The van der Waals surface area contributed by atoms with E-state index in [0.29, 0.717) is 28.6 Å². The van der Waals surface area contributed by atoms with Crippen LogP contribution in [0.1, 0.15) is 48.9 Å². The molecule has 0 N–H and O–H groups in total. The summed E-state index contributed by atoms with van der Waals surface area (Å²) in [5, 5.41) is 0.758. The standard InChI is InChI=1S/C26H28O6/c1-6-7-18-8-9-22(24(11-18)29-5)30-15-26(28)31-14-19-12-25(27)32-23-10-17(4)20(16(2)3)13-21(19)23/h6-13,16H,14-15H2,1-5H3. The third-order valence-corrected chi connectivity index (χ3v) is 5.12. The van der Waals surface area contributed by atoms with Gasteiger partial charge in [0.25, 0.3) is 0 Å². The van der Waals surface area contributed by atoms with Crippen LogP contribution in [0.25, 0.3) is 17.0 Å². The molecule has 0 radical (unpaired) electrons. The van der Waals surface area contributed by atoms with E-state index in [2.05, 4.69) is 13.8 Å². The monoisotopic (exact) mass is 436 g/mol. The number of carbonyl (C=O) groups excluding carboxylic acids is 1. The molecule has 2 aromatic carbocycles. The minimum atomic E-state index is -0.554. The van der Waals surface area contributed by atoms with E-state index >= 15 is 0 Å². The SMILES string of the molecule is CC=Cc1ccc(OCC(=O)OCc2cc(=O)oc3cc(C)c(C(C)C)cc23)c(OC)c1. The van der Waals surface area contributed by atoms with E-state index in [1.807, 2.05) is 50.3 Å². The Morgan fingerprint density at radius 2 is 1.91 bits per heavy atom. The second-order valence-electron chi connectivity index (χ2n) is 7.81. The van der Waals surface area contributed by atoms with Gasteiger partial charge >= 0.3 is 11.6 Å². The summed E-state index contributed by atoms with van der Waals surface area (Å²) in [4.78, 5) is 24.3. The Balaban J connectivity index is 1.72. The van der Waals surface area contributed by atoms with E-state index in [0.717, 1.165) is 22.1 Å². The summed E-state index contributed by atoms with van der Waals surface area (Å²) < 4.78 is 21.7. The van der Waals surface area contributed by atoms with Crippen molar-refractivity contribution in [1.29, 1.82) is 0 Å². The van der Waals surface area contributed by atoms with Gasteiger partial charge in [-0.3, -0.25) is 0 Å². The first-order chi connectivity index (χ1) is 15.3. The highest BCUT2D eigenvalue weighted by atomic mass is 16.6. The van der Waals surface area contributed by atoms with Gasteiger partial charge in [0, 0.05) is 17.0 Å². The van der Waals surface area contributed by atoms with Crippen LogP contribution < -0.4 is 15.1 Å². The maximum absolute atomic E-state index is 12.3. The van der Waals surface area contributed by atoms with Gasteiger partial charge in [-0.1, -0.05) is 32.1 Å². The molecule has 0 saturated heterocycles. The van der Waals surface area contributed by atoms with E-state index in [1.165, 1.54) is 6.07 Å². The third kappa shape index (κ3) is 5.38. The van der Waals surface area contributed by atoms with Crippen LogP contribution in [-0.4, -0.2) is 19.7 Å². The number of hydrogen-bond acceptors (Lipinski definition) is 6. The molecule has 0 aliphatic carbocycles. The van der Waals surface area contributed by atoms with Crippen LogP contribution in [0.5, 0.6) is 11.5 Å². The largest absolute Gasteiger partial charge is 0.493 e. The van der Waals surface area contributed by atoms with E-state index in [1.54, 1.807) is 13.2 Å². The van der Waals surface area contributed by atoms with Gasteiger partial charge in [0.05, 0.1) is 7.11 Å². The van der Waals surface area contributed by atoms with E-state index in [-0.39, 0.29) is 13.2 Å². The number of fused-ring (bicyclic) bond motifs is 1. The Kier molecular flexibility index (Phi) is 7.36. The van der Waals surface area contributed by atoms with Gasteiger partial charge in [-0.25, -0.2) is 9.59 Å². The second kappa shape index (κ2) is 10.2. The highest BCUT2D eigenvalue weighted by Gasteiger charge is 2.14. The lowest BCUT2D eigenvalue weighted by atomic mass is 9.95. The number of ether oxygens (including phenoxy) is 3. The molecule has 1 aromatic heterocycles. The van der Waals surface area contributed by atoms with E-state index in [9.17, 15) is 9.59 Å². The molecule has 0 aliphatic heterocycles. The first kappa shape index (κ1) is 23.1. The predicted molar refractivity (Wildman–Crippen MR) is 124 cm³/mol. The first-order valence-corrected chi connectivity index (χ1v) is 10.5.